The molecule has 3 aliphatic heterocycles. The number of anilines is 3. The molecular formula is C93H91F2N9O6. The van der Waals surface area contributed by atoms with E-state index in [1.165, 1.54) is 103 Å². The molecule has 0 radical (unpaired) electrons. The number of hydrogen-bond acceptors (Lipinski definition) is 9. The molecule has 17 heteroatoms. The summed E-state index contributed by atoms with van der Waals surface area (Å²) in [4.78, 5) is 40.3. The molecule has 0 saturated heterocycles. The minimum Gasteiger partial charge on any atom is -0.478 e. The molecule has 15 rings (SSSR count). The number of aliphatic carboxylic acids is 3. The number of fused-ring (bicyclic) bond motifs is 3. The first-order valence-electron chi connectivity index (χ1n) is 37.5. The number of rotatable bonds is 19. The van der Waals surface area contributed by atoms with Crippen LogP contribution in [0.15, 0.2) is 256 Å². The van der Waals surface area contributed by atoms with E-state index >= 15 is 0 Å². The van der Waals surface area contributed by atoms with Crippen LogP contribution in [0.4, 0.5) is 25.8 Å². The Balaban J connectivity index is 0.000000145. The van der Waals surface area contributed by atoms with Crippen molar-refractivity contribution in [2.75, 3.05) is 21.2 Å². The first-order chi connectivity index (χ1) is 53.2. The average molecular weight is 1470 g/mol. The number of nitrogens with zero attached hydrogens (tertiary/aromatic N) is 9. The van der Waals surface area contributed by atoms with Crippen molar-refractivity contribution >= 4 is 53.2 Å². The largest absolute Gasteiger partial charge is 0.478 e. The van der Waals surface area contributed by atoms with E-state index in [-0.39, 0.29) is 24.2 Å². The lowest BCUT2D eigenvalue weighted by Crippen LogP contribution is -2.43. The first-order valence-corrected chi connectivity index (χ1v) is 37.5. The Morgan fingerprint density at radius 3 is 1.34 bits per heavy atom. The van der Waals surface area contributed by atoms with Crippen LogP contribution in [0.3, 0.4) is 0 Å². The van der Waals surface area contributed by atoms with Crippen LogP contribution in [0.25, 0.3) is 51.6 Å². The summed E-state index contributed by atoms with van der Waals surface area (Å²) in [6.45, 7) is 11.5. The lowest BCUT2D eigenvalue weighted by atomic mass is 9.82. The fourth-order valence-electron chi connectivity index (χ4n) is 15.6. The average Bonchev–Trinajstić information content (AvgIpc) is 0.757. The van der Waals surface area contributed by atoms with Gasteiger partial charge in [-0.2, -0.15) is 24.1 Å². The summed E-state index contributed by atoms with van der Waals surface area (Å²) >= 11 is 0. The third-order valence-electron chi connectivity index (χ3n) is 21.2. The Labute approximate surface area is 641 Å². The summed E-state index contributed by atoms with van der Waals surface area (Å²) in [5.74, 6) is -2.43. The van der Waals surface area contributed by atoms with Crippen molar-refractivity contribution in [3.63, 3.8) is 0 Å². The van der Waals surface area contributed by atoms with E-state index in [2.05, 4.69) is 223 Å². The molecule has 3 aromatic heterocycles. The van der Waals surface area contributed by atoms with E-state index < -0.39 is 24.5 Å². The molecule has 0 amide bonds. The van der Waals surface area contributed by atoms with Crippen LogP contribution in [0.2, 0.25) is 0 Å². The number of para-hydroxylation sites is 1. The number of alkyl halides is 2. The number of carbonyl (C=O) groups is 3. The summed E-state index contributed by atoms with van der Waals surface area (Å²) in [5.41, 5.74) is 27.3. The molecule has 3 aliphatic rings. The number of halogens is 2. The molecule has 0 spiro atoms. The molecule has 0 fully saturated rings. The van der Waals surface area contributed by atoms with Gasteiger partial charge in [-0.25, -0.2) is 19.1 Å². The molecule has 0 saturated carbocycles. The van der Waals surface area contributed by atoms with Gasteiger partial charge in [0.05, 0.1) is 36.7 Å². The zero-order valence-electron chi connectivity index (χ0n) is 63.1. The highest BCUT2D eigenvalue weighted by atomic mass is 19.3. The standard InChI is InChI=1S/C32H31F2N3O2.C31H31N3O2.C30H29N3O2/c1-20(2)23-9-12-28(13-10-23)37-21(3)16-26-17-25(27-18-35-36(19-27)32(33)34)11-14-29(26)31(37)24-7-4-22(5-8-24)6-15-30(38)39;1-4-23-7-5-6-8-29(23)34-21(2)17-26-18-25(27-19-32-33(3)20-27)14-15-28(26)31(34)24-12-9-22(10-13-24)11-16-30(35)36;1-3-21-6-12-27(13-7-21)33-17-16-25-18-24(26-19-31-32(2)20-26)11-14-28(25)30(33)23-9-4-22(5-10-23)8-15-29(34)35/h4-15,17-21,31-32H,16H2,1-3H3,(H,38,39);5-16,18-21,31H,4,17H2,1-3H3,(H,35,36);4-15,18-20,30H,3,16-17H2,1-2H3,(H,34,35)/b15-6+;16-11+;15-8+. The second kappa shape index (κ2) is 33.7. The lowest BCUT2D eigenvalue weighted by molar-refractivity contribution is -0.132. The van der Waals surface area contributed by atoms with Crippen molar-refractivity contribution in [3.05, 3.63) is 339 Å². The van der Waals surface area contributed by atoms with Gasteiger partial charge in [0.1, 0.15) is 0 Å². The maximum Gasteiger partial charge on any atom is 0.333 e. The molecule has 12 aromatic rings. The van der Waals surface area contributed by atoms with Gasteiger partial charge in [-0.15, -0.1) is 0 Å². The zero-order valence-corrected chi connectivity index (χ0v) is 63.1. The van der Waals surface area contributed by atoms with Gasteiger partial charge in [0.15, 0.2) is 0 Å². The smallest absolute Gasteiger partial charge is 0.333 e. The highest BCUT2D eigenvalue weighted by Gasteiger charge is 2.37. The minimum absolute atomic E-state index is 0.0527. The molecule has 0 bridgehead atoms. The van der Waals surface area contributed by atoms with Gasteiger partial charge in [-0.05, 0) is 201 Å². The maximum atomic E-state index is 13.1. The van der Waals surface area contributed by atoms with Gasteiger partial charge in [-0.1, -0.05) is 198 Å². The van der Waals surface area contributed by atoms with Crippen molar-refractivity contribution in [1.82, 2.24) is 29.3 Å². The SMILES string of the molecule is CC(C)c1ccc(N2C(C)Cc3cc(-c4cnn(C(F)F)c4)ccc3C2c2ccc(/C=C/C(=O)O)cc2)cc1.CCc1ccc(N2CCc3cc(-c4cnn(C)c4)ccc3C2c2ccc(/C=C/C(=O)O)cc2)cc1.CCc1ccccc1N1C(C)Cc2cc(-c3cnn(C)c3)ccc2C1c1ccc(/C=C/C(=O)O)cc1. The van der Waals surface area contributed by atoms with Crippen LogP contribution in [0.5, 0.6) is 0 Å². The van der Waals surface area contributed by atoms with E-state index in [0.717, 1.165) is 94.9 Å². The number of aromatic nitrogens is 6. The van der Waals surface area contributed by atoms with Crippen LogP contribution >= 0.6 is 0 Å². The van der Waals surface area contributed by atoms with Crippen molar-refractivity contribution in [2.24, 2.45) is 14.1 Å². The van der Waals surface area contributed by atoms with Crippen molar-refractivity contribution in [2.45, 2.75) is 116 Å². The third kappa shape index (κ3) is 17.2. The summed E-state index contributed by atoms with van der Waals surface area (Å²) in [7, 11) is 3.88. The van der Waals surface area contributed by atoms with Crippen LogP contribution in [-0.2, 0) is 60.6 Å². The Kier molecular flexibility index (Phi) is 23.2. The van der Waals surface area contributed by atoms with Gasteiger partial charge < -0.3 is 30.0 Å². The van der Waals surface area contributed by atoms with Crippen LogP contribution < -0.4 is 14.7 Å². The second-order valence-corrected chi connectivity index (χ2v) is 28.9. The van der Waals surface area contributed by atoms with Gasteiger partial charge in [0.2, 0.25) is 0 Å². The summed E-state index contributed by atoms with van der Waals surface area (Å²) in [6.07, 6.45) is 23.8. The molecule has 558 valence electrons. The quantitative estimate of drug-likeness (QED) is 0.0655. The predicted octanol–water partition coefficient (Wildman–Crippen LogP) is 19.9. The predicted molar refractivity (Wildman–Crippen MR) is 436 cm³/mol. The number of hydrogen-bond donors (Lipinski definition) is 3. The Morgan fingerprint density at radius 1 is 0.473 bits per heavy atom. The van der Waals surface area contributed by atoms with Gasteiger partial charge >= 0.3 is 24.5 Å². The number of aryl methyl sites for hydroxylation is 4. The normalized spacial score (nSPS) is 16.7. The Bertz CT molecular complexity index is 5330. The molecule has 6 heterocycles. The molecule has 3 N–H and O–H groups in total. The highest BCUT2D eigenvalue weighted by molar-refractivity contribution is 5.86. The number of carboxylic acids is 3. The second-order valence-electron chi connectivity index (χ2n) is 28.9. The number of benzene rings is 9. The molecule has 5 atom stereocenters. The van der Waals surface area contributed by atoms with Gasteiger partial charge in [0, 0.05) is 103 Å². The van der Waals surface area contributed by atoms with Crippen LogP contribution in [0, 0.1) is 0 Å². The van der Waals surface area contributed by atoms with Crippen LogP contribution in [-0.4, -0.2) is 81.2 Å². The molecule has 0 aliphatic carbocycles. The topological polar surface area (TPSA) is 175 Å². The molecular weight excluding hydrogens is 1380 g/mol. The summed E-state index contributed by atoms with van der Waals surface area (Å²) < 4.78 is 30.6. The van der Waals surface area contributed by atoms with Crippen molar-refractivity contribution in [3.8, 4) is 33.4 Å². The maximum absolute atomic E-state index is 13.1. The fraction of sp³-hybridized carbons (Fsp3) is 0.226. The summed E-state index contributed by atoms with van der Waals surface area (Å²) in [6, 6.07) is 71.0. The van der Waals surface area contributed by atoms with Crippen molar-refractivity contribution < 1.29 is 38.5 Å². The monoisotopic (exact) mass is 1470 g/mol. The van der Waals surface area contributed by atoms with E-state index in [1.54, 1.807) is 18.2 Å². The van der Waals surface area contributed by atoms with E-state index in [1.807, 2.05) is 96.6 Å². The lowest BCUT2D eigenvalue weighted by Gasteiger charge is -2.45. The Morgan fingerprint density at radius 2 is 0.900 bits per heavy atom. The minimum atomic E-state index is -2.68. The van der Waals surface area contributed by atoms with E-state index in [4.69, 9.17) is 15.3 Å². The highest BCUT2D eigenvalue weighted by Crippen LogP contribution is 2.46. The fourth-order valence-corrected chi connectivity index (χ4v) is 15.6. The van der Waals surface area contributed by atoms with Crippen LogP contribution in [0.1, 0.15) is 156 Å². The molecule has 5 unspecified atom stereocenters. The number of carboxylic acid groups (broad SMARTS) is 3. The van der Waals surface area contributed by atoms with Crippen molar-refractivity contribution in [1.29, 1.82) is 0 Å². The first kappa shape index (κ1) is 75.7. The molecule has 9 aromatic carbocycles. The molecule has 15 nitrogen and oxygen atoms in total. The third-order valence-corrected chi connectivity index (χ3v) is 21.2. The summed E-state index contributed by atoms with van der Waals surface area (Å²) in [5, 5.41) is 39.4. The Hall–Kier alpha value is -12.5. The van der Waals surface area contributed by atoms with Gasteiger partial charge in [0.25, 0.3) is 0 Å². The van der Waals surface area contributed by atoms with Gasteiger partial charge in [-0.3, -0.25) is 9.36 Å². The van der Waals surface area contributed by atoms with E-state index in [0.29, 0.717) is 22.2 Å². The zero-order chi connectivity index (χ0) is 77.3. The van der Waals surface area contributed by atoms with E-state index in [9.17, 15) is 23.2 Å². The molecule has 110 heavy (non-hydrogen) atoms.